The lowest BCUT2D eigenvalue weighted by Gasteiger charge is -2.23. The molecular weight excluding hydrogens is 230 g/mol. The molecule has 0 radical (unpaired) electrons. The zero-order valence-corrected chi connectivity index (χ0v) is 11.1. The van der Waals surface area contributed by atoms with Gasteiger partial charge in [0.15, 0.2) is 11.5 Å². The summed E-state index contributed by atoms with van der Waals surface area (Å²) in [6.07, 6.45) is 2.18. The van der Waals surface area contributed by atoms with Gasteiger partial charge in [-0.2, -0.15) is 0 Å². The smallest absolute Gasteiger partial charge is 0.161 e. The van der Waals surface area contributed by atoms with E-state index in [-0.39, 0.29) is 0 Å². The summed E-state index contributed by atoms with van der Waals surface area (Å²) in [4.78, 5) is 0. The van der Waals surface area contributed by atoms with Crippen LogP contribution in [0.1, 0.15) is 18.4 Å². The van der Waals surface area contributed by atoms with Gasteiger partial charge in [0.05, 0.1) is 14.2 Å². The van der Waals surface area contributed by atoms with Crippen LogP contribution in [-0.4, -0.2) is 33.5 Å². The Balaban J connectivity index is 1.92. The van der Waals surface area contributed by atoms with E-state index in [1.165, 1.54) is 5.56 Å². The zero-order chi connectivity index (χ0) is 12.8. The number of ether oxygens (including phenoxy) is 3. The highest BCUT2D eigenvalue weighted by Crippen LogP contribution is 2.27. The summed E-state index contributed by atoms with van der Waals surface area (Å²) in [5, 5.41) is 3.55. The number of nitrogens with one attached hydrogen (secondary N) is 1. The van der Waals surface area contributed by atoms with Gasteiger partial charge in [-0.1, -0.05) is 6.07 Å². The Morgan fingerprint density at radius 1 is 1.17 bits per heavy atom. The normalized spacial score (nSPS) is 16.6. The Hall–Kier alpha value is -1.26. The minimum atomic E-state index is 0.562. The fraction of sp³-hybridized carbons (Fsp3) is 0.571. The summed E-state index contributed by atoms with van der Waals surface area (Å²) in [6, 6.07) is 6.59. The lowest BCUT2D eigenvalue weighted by Crippen LogP contribution is -2.34. The van der Waals surface area contributed by atoms with E-state index in [1.54, 1.807) is 14.2 Å². The molecule has 0 aromatic heterocycles. The number of rotatable bonds is 5. The maximum Gasteiger partial charge on any atom is 0.161 e. The topological polar surface area (TPSA) is 39.7 Å². The van der Waals surface area contributed by atoms with Crippen molar-refractivity contribution in [2.75, 3.05) is 27.4 Å². The standard InChI is InChI=1S/C14H21NO3/c1-16-13-4-3-11(9-14(13)17-2)10-15-12-5-7-18-8-6-12/h3-4,9,12,15H,5-8,10H2,1-2H3. The van der Waals surface area contributed by atoms with Crippen LogP contribution in [-0.2, 0) is 11.3 Å². The molecule has 2 rings (SSSR count). The van der Waals surface area contributed by atoms with Gasteiger partial charge in [-0.25, -0.2) is 0 Å². The van der Waals surface area contributed by atoms with Crippen LogP contribution in [0.25, 0.3) is 0 Å². The van der Waals surface area contributed by atoms with Crippen molar-refractivity contribution < 1.29 is 14.2 Å². The molecule has 0 saturated carbocycles. The zero-order valence-electron chi connectivity index (χ0n) is 11.1. The maximum atomic E-state index is 5.34. The number of hydrogen-bond donors (Lipinski definition) is 1. The van der Waals surface area contributed by atoms with Crippen LogP contribution in [0.2, 0.25) is 0 Å². The lowest BCUT2D eigenvalue weighted by atomic mass is 10.1. The second-order valence-corrected chi connectivity index (χ2v) is 4.46. The molecule has 0 aliphatic carbocycles. The van der Waals surface area contributed by atoms with Crippen molar-refractivity contribution in [2.45, 2.75) is 25.4 Å². The van der Waals surface area contributed by atoms with Gasteiger partial charge < -0.3 is 19.5 Å². The van der Waals surface area contributed by atoms with Gasteiger partial charge in [0, 0.05) is 25.8 Å². The van der Waals surface area contributed by atoms with Crippen molar-refractivity contribution in [1.29, 1.82) is 0 Å². The molecule has 0 unspecified atom stereocenters. The molecule has 1 aromatic carbocycles. The minimum absolute atomic E-state index is 0.562. The summed E-state index contributed by atoms with van der Waals surface area (Å²) in [6.45, 7) is 2.58. The third kappa shape index (κ3) is 3.37. The molecule has 0 atom stereocenters. The SMILES string of the molecule is COc1ccc(CNC2CCOCC2)cc1OC. The second kappa shape index (κ2) is 6.61. The molecule has 0 amide bonds. The molecule has 0 spiro atoms. The van der Waals surface area contributed by atoms with E-state index < -0.39 is 0 Å². The van der Waals surface area contributed by atoms with Gasteiger partial charge in [0.2, 0.25) is 0 Å². The van der Waals surface area contributed by atoms with Gasteiger partial charge >= 0.3 is 0 Å². The molecule has 4 heteroatoms. The van der Waals surface area contributed by atoms with Crippen molar-refractivity contribution in [3.8, 4) is 11.5 Å². The van der Waals surface area contributed by atoms with Gasteiger partial charge in [-0.05, 0) is 30.5 Å². The highest BCUT2D eigenvalue weighted by Gasteiger charge is 2.13. The summed E-state index contributed by atoms with van der Waals surface area (Å²) in [7, 11) is 3.31. The molecule has 4 nitrogen and oxygen atoms in total. The molecule has 1 fully saturated rings. The molecular formula is C14H21NO3. The maximum absolute atomic E-state index is 5.34. The molecule has 1 aliphatic heterocycles. The molecule has 1 N–H and O–H groups in total. The van der Waals surface area contributed by atoms with E-state index >= 15 is 0 Å². The average Bonchev–Trinajstić information content (AvgIpc) is 2.45. The highest BCUT2D eigenvalue weighted by atomic mass is 16.5. The Kier molecular flexibility index (Phi) is 4.84. The van der Waals surface area contributed by atoms with Crippen LogP contribution in [0, 0.1) is 0 Å². The first-order valence-corrected chi connectivity index (χ1v) is 6.35. The van der Waals surface area contributed by atoms with Crippen molar-refractivity contribution >= 4 is 0 Å². The first kappa shape index (κ1) is 13.2. The third-order valence-corrected chi connectivity index (χ3v) is 3.26. The predicted molar refractivity (Wildman–Crippen MR) is 70.2 cm³/mol. The summed E-state index contributed by atoms with van der Waals surface area (Å²) in [5.41, 5.74) is 1.21. The van der Waals surface area contributed by atoms with E-state index in [9.17, 15) is 0 Å². The van der Waals surface area contributed by atoms with Crippen LogP contribution < -0.4 is 14.8 Å². The summed E-state index contributed by atoms with van der Waals surface area (Å²) >= 11 is 0. The van der Waals surface area contributed by atoms with E-state index in [4.69, 9.17) is 14.2 Å². The van der Waals surface area contributed by atoms with Crippen LogP contribution in [0.4, 0.5) is 0 Å². The summed E-state index contributed by atoms with van der Waals surface area (Å²) < 4.78 is 15.9. The second-order valence-electron chi connectivity index (χ2n) is 4.46. The monoisotopic (exact) mass is 251 g/mol. The predicted octanol–water partition coefficient (Wildman–Crippen LogP) is 1.97. The van der Waals surface area contributed by atoms with Gasteiger partial charge in [-0.3, -0.25) is 0 Å². The van der Waals surface area contributed by atoms with Crippen molar-refractivity contribution in [3.05, 3.63) is 23.8 Å². The Labute approximate surface area is 108 Å². The number of methoxy groups -OCH3 is 2. The Bertz CT molecular complexity index is 375. The largest absolute Gasteiger partial charge is 0.493 e. The molecule has 1 aliphatic rings. The number of benzene rings is 1. The fourth-order valence-corrected chi connectivity index (χ4v) is 2.15. The van der Waals surface area contributed by atoms with Gasteiger partial charge in [0.25, 0.3) is 0 Å². The van der Waals surface area contributed by atoms with Gasteiger partial charge in [-0.15, -0.1) is 0 Å². The van der Waals surface area contributed by atoms with Crippen LogP contribution >= 0.6 is 0 Å². The van der Waals surface area contributed by atoms with E-state index in [1.807, 2.05) is 12.1 Å². The molecule has 100 valence electrons. The van der Waals surface area contributed by atoms with E-state index in [2.05, 4.69) is 11.4 Å². The molecule has 1 heterocycles. The molecule has 1 aromatic rings. The summed E-state index contributed by atoms with van der Waals surface area (Å²) in [5.74, 6) is 1.55. The van der Waals surface area contributed by atoms with Crippen molar-refractivity contribution in [1.82, 2.24) is 5.32 Å². The van der Waals surface area contributed by atoms with Crippen LogP contribution in [0.15, 0.2) is 18.2 Å². The number of hydrogen-bond acceptors (Lipinski definition) is 4. The lowest BCUT2D eigenvalue weighted by molar-refractivity contribution is 0.0776. The quantitative estimate of drug-likeness (QED) is 0.868. The van der Waals surface area contributed by atoms with E-state index in [0.29, 0.717) is 6.04 Å². The highest BCUT2D eigenvalue weighted by molar-refractivity contribution is 5.42. The molecule has 1 saturated heterocycles. The first-order chi connectivity index (χ1) is 8.83. The van der Waals surface area contributed by atoms with E-state index in [0.717, 1.165) is 44.1 Å². The van der Waals surface area contributed by atoms with Crippen LogP contribution in [0.5, 0.6) is 11.5 Å². The molecule has 0 bridgehead atoms. The van der Waals surface area contributed by atoms with Crippen LogP contribution in [0.3, 0.4) is 0 Å². The Morgan fingerprint density at radius 3 is 2.56 bits per heavy atom. The minimum Gasteiger partial charge on any atom is -0.493 e. The fourth-order valence-electron chi connectivity index (χ4n) is 2.15. The molecule has 18 heavy (non-hydrogen) atoms. The third-order valence-electron chi connectivity index (χ3n) is 3.26. The van der Waals surface area contributed by atoms with Crippen molar-refractivity contribution in [2.24, 2.45) is 0 Å². The average molecular weight is 251 g/mol. The van der Waals surface area contributed by atoms with Gasteiger partial charge in [0.1, 0.15) is 0 Å². The Morgan fingerprint density at radius 2 is 1.89 bits per heavy atom. The van der Waals surface area contributed by atoms with Crippen molar-refractivity contribution in [3.63, 3.8) is 0 Å². The first-order valence-electron chi connectivity index (χ1n) is 6.35.